The van der Waals surface area contributed by atoms with Crippen molar-refractivity contribution in [1.82, 2.24) is 9.78 Å². The Balaban J connectivity index is 2.60. The van der Waals surface area contributed by atoms with E-state index in [9.17, 15) is 4.79 Å². The Hall–Kier alpha value is -3.25. The second-order valence-corrected chi connectivity index (χ2v) is 3.69. The maximum absolute atomic E-state index is 10.8. The number of aromatic nitrogens is 2. The molecule has 1 heterocycles. The molecule has 19 heavy (non-hydrogen) atoms. The van der Waals surface area contributed by atoms with Crippen molar-refractivity contribution in [1.29, 1.82) is 5.26 Å². The molecule has 3 N–H and O–H groups in total. The average Bonchev–Trinajstić information content (AvgIpc) is 2.89. The Morgan fingerprint density at radius 2 is 2.16 bits per heavy atom. The number of nitrogen functional groups attached to an aromatic ring is 1. The second-order valence-electron chi connectivity index (χ2n) is 3.69. The van der Waals surface area contributed by atoms with Crippen LogP contribution in [0.5, 0.6) is 0 Å². The van der Waals surface area contributed by atoms with Crippen LogP contribution in [0.1, 0.15) is 21.5 Å². The molecular formula is C13H8N4O2. The quantitative estimate of drug-likeness (QED) is 0.613. The van der Waals surface area contributed by atoms with E-state index in [2.05, 4.69) is 11.0 Å². The maximum atomic E-state index is 10.8. The van der Waals surface area contributed by atoms with Gasteiger partial charge in [0.1, 0.15) is 6.07 Å². The first-order valence-corrected chi connectivity index (χ1v) is 5.15. The predicted molar refractivity (Wildman–Crippen MR) is 67.6 cm³/mol. The summed E-state index contributed by atoms with van der Waals surface area (Å²) in [6.07, 6.45) is 7.85. The molecule has 0 saturated heterocycles. The first-order chi connectivity index (χ1) is 9.06. The molecule has 0 saturated carbocycles. The van der Waals surface area contributed by atoms with Gasteiger partial charge in [0.2, 0.25) is 0 Å². The third kappa shape index (κ3) is 2.11. The summed E-state index contributed by atoms with van der Waals surface area (Å²) in [7, 11) is 0. The van der Waals surface area contributed by atoms with Crippen molar-refractivity contribution in [3.63, 3.8) is 0 Å². The van der Waals surface area contributed by atoms with E-state index < -0.39 is 5.97 Å². The minimum atomic E-state index is -1.08. The number of carbonyl (C=O) groups is 1. The minimum Gasteiger partial charge on any atom is -0.478 e. The van der Waals surface area contributed by atoms with Crippen molar-refractivity contribution >= 4 is 11.7 Å². The monoisotopic (exact) mass is 252 g/mol. The molecule has 0 amide bonds. The number of nitriles is 1. The van der Waals surface area contributed by atoms with Crippen molar-refractivity contribution in [2.24, 2.45) is 0 Å². The zero-order chi connectivity index (χ0) is 14.0. The van der Waals surface area contributed by atoms with E-state index in [1.54, 1.807) is 6.07 Å². The predicted octanol–water partition coefficient (Wildman–Crippen LogP) is 1.01. The minimum absolute atomic E-state index is 0.0394. The smallest absolute Gasteiger partial charge is 0.338 e. The third-order valence-corrected chi connectivity index (χ3v) is 2.53. The molecule has 0 bridgehead atoms. The highest BCUT2D eigenvalue weighted by molar-refractivity contribution is 5.87. The van der Waals surface area contributed by atoms with Crippen LogP contribution in [0.2, 0.25) is 0 Å². The number of terminal acetylenes is 1. The number of rotatable bonds is 2. The third-order valence-electron chi connectivity index (χ3n) is 2.53. The first-order valence-electron chi connectivity index (χ1n) is 5.15. The van der Waals surface area contributed by atoms with E-state index in [1.807, 2.05) is 6.07 Å². The van der Waals surface area contributed by atoms with Crippen molar-refractivity contribution in [2.75, 3.05) is 5.73 Å². The highest BCUT2D eigenvalue weighted by Gasteiger charge is 2.11. The molecule has 2 rings (SSSR count). The first kappa shape index (κ1) is 12.2. The zero-order valence-corrected chi connectivity index (χ0v) is 9.66. The molecule has 0 spiro atoms. The number of anilines is 1. The van der Waals surface area contributed by atoms with Gasteiger partial charge < -0.3 is 10.8 Å². The number of carboxylic acids is 1. The number of nitrogens with zero attached hydrogens (tertiary/aromatic N) is 3. The highest BCUT2D eigenvalue weighted by Crippen LogP contribution is 2.21. The van der Waals surface area contributed by atoms with Gasteiger partial charge in [-0.2, -0.15) is 10.4 Å². The number of hydrogen-bond donors (Lipinski definition) is 2. The van der Waals surface area contributed by atoms with Crippen LogP contribution in [0.4, 0.5) is 5.69 Å². The second kappa shape index (κ2) is 4.55. The molecule has 0 atom stereocenters. The molecule has 0 aliphatic carbocycles. The van der Waals surface area contributed by atoms with Gasteiger partial charge >= 0.3 is 5.97 Å². The largest absolute Gasteiger partial charge is 0.478 e. The summed E-state index contributed by atoms with van der Waals surface area (Å²) < 4.78 is 1.32. The Morgan fingerprint density at radius 3 is 2.68 bits per heavy atom. The molecule has 0 aliphatic rings. The molecule has 92 valence electrons. The van der Waals surface area contributed by atoms with Crippen LogP contribution in [0.25, 0.3) is 5.69 Å². The van der Waals surface area contributed by atoms with Gasteiger partial charge in [0, 0.05) is 6.20 Å². The fraction of sp³-hybridized carbons (Fsp3) is 0. The van der Waals surface area contributed by atoms with Crippen LogP contribution >= 0.6 is 0 Å². The maximum Gasteiger partial charge on any atom is 0.338 e. The van der Waals surface area contributed by atoms with Crippen molar-refractivity contribution in [3.05, 3.63) is 41.2 Å². The lowest BCUT2D eigenvalue weighted by molar-refractivity contribution is 0.0697. The van der Waals surface area contributed by atoms with E-state index in [0.29, 0.717) is 11.3 Å². The van der Waals surface area contributed by atoms with Gasteiger partial charge in [-0.15, -0.1) is 6.42 Å². The van der Waals surface area contributed by atoms with Crippen LogP contribution in [0.15, 0.2) is 24.5 Å². The fourth-order valence-corrected chi connectivity index (χ4v) is 1.56. The molecule has 0 unspecified atom stereocenters. The molecule has 6 heteroatoms. The zero-order valence-electron chi connectivity index (χ0n) is 9.66. The normalized spacial score (nSPS) is 9.58. The lowest BCUT2D eigenvalue weighted by atomic mass is 10.1. The average molecular weight is 252 g/mol. The Kier molecular flexibility index (Phi) is 2.93. The summed E-state index contributed by atoms with van der Waals surface area (Å²) in [6.45, 7) is 0. The van der Waals surface area contributed by atoms with Gasteiger partial charge in [0.15, 0.2) is 0 Å². The van der Waals surface area contributed by atoms with Gasteiger partial charge in [-0.25, -0.2) is 9.48 Å². The van der Waals surface area contributed by atoms with Crippen LogP contribution in [0, 0.1) is 23.7 Å². The summed E-state index contributed by atoms with van der Waals surface area (Å²) in [5, 5.41) is 21.7. The SMILES string of the molecule is C#Cc1cc(-n2cc(C(=O)O)cn2)cc(C#N)c1N. The Labute approximate surface area is 108 Å². The van der Waals surface area contributed by atoms with E-state index in [-0.39, 0.29) is 16.8 Å². The van der Waals surface area contributed by atoms with E-state index >= 15 is 0 Å². The van der Waals surface area contributed by atoms with Crippen molar-refractivity contribution in [3.8, 4) is 24.1 Å². The summed E-state index contributed by atoms with van der Waals surface area (Å²) in [6, 6.07) is 4.99. The molecule has 1 aromatic carbocycles. The number of benzene rings is 1. The standard InChI is InChI=1S/C13H8N4O2/c1-2-8-3-11(4-9(5-14)12(8)15)17-7-10(6-16-17)13(18)19/h1,3-4,6-7H,15H2,(H,18,19). The summed E-state index contributed by atoms with van der Waals surface area (Å²) in [4.78, 5) is 10.8. The van der Waals surface area contributed by atoms with E-state index in [1.165, 1.54) is 23.1 Å². The summed E-state index contributed by atoms with van der Waals surface area (Å²) in [5.74, 6) is 1.29. The number of nitrogens with two attached hydrogens (primary N) is 1. The van der Waals surface area contributed by atoms with Crippen molar-refractivity contribution < 1.29 is 9.90 Å². The number of carboxylic acid groups (broad SMARTS) is 1. The molecule has 0 fully saturated rings. The van der Waals surface area contributed by atoms with Gasteiger partial charge in [0.05, 0.1) is 34.3 Å². The van der Waals surface area contributed by atoms with Crippen molar-refractivity contribution in [2.45, 2.75) is 0 Å². The number of aromatic carboxylic acids is 1. The topological polar surface area (TPSA) is 105 Å². The van der Waals surface area contributed by atoms with E-state index in [0.717, 1.165) is 0 Å². The molecule has 6 nitrogen and oxygen atoms in total. The molecule has 1 aromatic heterocycles. The van der Waals surface area contributed by atoms with Gasteiger partial charge in [0.25, 0.3) is 0 Å². The van der Waals surface area contributed by atoms with Gasteiger partial charge in [-0.05, 0) is 12.1 Å². The Bertz CT molecular complexity index is 712. The van der Waals surface area contributed by atoms with E-state index in [4.69, 9.17) is 22.5 Å². The van der Waals surface area contributed by atoms with Crippen LogP contribution in [-0.2, 0) is 0 Å². The lowest BCUT2D eigenvalue weighted by Crippen LogP contribution is -2.01. The van der Waals surface area contributed by atoms with Crippen LogP contribution < -0.4 is 5.73 Å². The molecular weight excluding hydrogens is 244 g/mol. The van der Waals surface area contributed by atoms with Gasteiger partial charge in [-0.3, -0.25) is 0 Å². The molecule has 0 aliphatic heterocycles. The highest BCUT2D eigenvalue weighted by atomic mass is 16.4. The Morgan fingerprint density at radius 1 is 1.47 bits per heavy atom. The molecule has 0 radical (unpaired) electrons. The van der Waals surface area contributed by atoms with Crippen LogP contribution in [-0.4, -0.2) is 20.9 Å². The summed E-state index contributed by atoms with van der Waals surface area (Å²) >= 11 is 0. The fourth-order valence-electron chi connectivity index (χ4n) is 1.56. The van der Waals surface area contributed by atoms with Crippen LogP contribution in [0.3, 0.4) is 0 Å². The molecule has 2 aromatic rings. The van der Waals surface area contributed by atoms with Gasteiger partial charge in [-0.1, -0.05) is 5.92 Å². The lowest BCUT2D eigenvalue weighted by Gasteiger charge is -2.06. The number of hydrogen-bond acceptors (Lipinski definition) is 4. The summed E-state index contributed by atoms with van der Waals surface area (Å²) in [5.41, 5.74) is 7.04.